The van der Waals surface area contributed by atoms with Gasteiger partial charge in [-0.2, -0.15) is 0 Å². The Labute approximate surface area is 260 Å². The number of benzene rings is 1. The van der Waals surface area contributed by atoms with E-state index in [1.807, 2.05) is 78.8 Å². The molecule has 0 amide bonds. The predicted octanol–water partition coefficient (Wildman–Crippen LogP) is 4.48. The van der Waals surface area contributed by atoms with E-state index >= 15 is 0 Å². The van der Waals surface area contributed by atoms with Crippen LogP contribution in [0.15, 0.2) is 52.3 Å². The molecule has 1 rings (SSSR count). The molecule has 1 aromatic carbocycles. The summed E-state index contributed by atoms with van der Waals surface area (Å²) in [7, 11) is 0. The Hall–Kier alpha value is -1.80. The zero-order valence-corrected chi connectivity index (χ0v) is 29.2. The minimum atomic E-state index is -0.559. The van der Waals surface area contributed by atoms with Crippen LogP contribution in [0.4, 0.5) is 0 Å². The first kappa shape index (κ1) is 37.2. The number of hydrogen-bond acceptors (Lipinski definition) is 5. The van der Waals surface area contributed by atoms with Gasteiger partial charge >= 0.3 is 256 Å². The van der Waals surface area contributed by atoms with Gasteiger partial charge < -0.3 is 0 Å². The minimum absolute atomic E-state index is 0.0461. The number of Topliss-reactive ketones (excluding diaryl/α,β-unsaturated/α-hetero) is 3. The average molecular weight is 681 g/mol. The first-order valence-corrected chi connectivity index (χ1v) is 17.7. The van der Waals surface area contributed by atoms with Gasteiger partial charge in [-0.15, -0.1) is 0 Å². The molecule has 0 saturated heterocycles. The molecule has 0 saturated carbocycles. The number of ether oxygens (including phenoxy) is 1. The molecule has 5 nitrogen and oxygen atoms in total. The topological polar surface area (TPSA) is 72.5 Å². The van der Waals surface area contributed by atoms with Gasteiger partial charge in [0.15, 0.2) is 0 Å². The number of hydrogen-bond donors (Lipinski definition) is 1. The standard InChI is InChI=1S/C35H55INO4/c1-11-28(32(38)12-2)22-36-30(19-24(4)5)26(7)37-31(23-41-35(8,9)10)34(40)25(6)20-29(33(39)13-3)21-27-17-15-14-16-18-27/h14-18,22,24-25,29-31,37H,7,11-13,19-21,23H2,1-6,8-10H3/q-1/b28-22-/t25?,29-,30-,31-/m0/s1. The Morgan fingerprint density at radius 3 is 2.12 bits per heavy atom. The fourth-order valence-corrected chi connectivity index (χ4v) is 8.22. The second kappa shape index (κ2) is 18.7. The van der Waals surface area contributed by atoms with Crippen molar-refractivity contribution in [3.05, 3.63) is 57.8 Å². The fourth-order valence-electron chi connectivity index (χ4n) is 4.64. The van der Waals surface area contributed by atoms with Crippen LogP contribution in [0, 0.1) is 17.8 Å². The third-order valence-electron chi connectivity index (χ3n) is 7.10. The molecule has 0 aliphatic heterocycles. The van der Waals surface area contributed by atoms with Gasteiger partial charge in [-0.1, -0.05) is 6.07 Å². The van der Waals surface area contributed by atoms with Crippen LogP contribution in [-0.2, 0) is 25.5 Å². The summed E-state index contributed by atoms with van der Waals surface area (Å²) < 4.78 is 8.47. The van der Waals surface area contributed by atoms with Crippen molar-refractivity contribution in [2.75, 3.05) is 6.61 Å². The first-order chi connectivity index (χ1) is 19.2. The molecule has 1 N–H and O–H groups in total. The quantitative estimate of drug-likeness (QED) is 0.125. The van der Waals surface area contributed by atoms with Gasteiger partial charge in [0.25, 0.3) is 0 Å². The average Bonchev–Trinajstić information content (AvgIpc) is 2.93. The number of carbonyl (C=O) groups is 3. The molecule has 0 fully saturated rings. The van der Waals surface area contributed by atoms with E-state index in [0.717, 1.165) is 29.7 Å². The van der Waals surface area contributed by atoms with Crippen LogP contribution in [0.1, 0.15) is 100.0 Å². The van der Waals surface area contributed by atoms with E-state index in [-0.39, 0.29) is 39.7 Å². The molecule has 1 unspecified atom stereocenters. The van der Waals surface area contributed by atoms with Crippen LogP contribution in [0.3, 0.4) is 0 Å². The van der Waals surface area contributed by atoms with E-state index in [1.165, 1.54) is 0 Å². The van der Waals surface area contributed by atoms with Crippen LogP contribution >= 0.6 is 0 Å². The fraction of sp³-hybridized carbons (Fsp3) is 0.629. The van der Waals surface area contributed by atoms with Crippen LogP contribution in [0.25, 0.3) is 0 Å². The molecule has 0 aliphatic carbocycles. The molecular weight excluding hydrogens is 625 g/mol. The monoisotopic (exact) mass is 680 g/mol. The Balaban J connectivity index is 3.18. The van der Waals surface area contributed by atoms with Gasteiger partial charge in [-0.3, -0.25) is 0 Å². The first-order valence-electron chi connectivity index (χ1n) is 15.3. The molecule has 0 spiro atoms. The molecule has 0 radical (unpaired) electrons. The molecule has 0 bridgehead atoms. The number of nitrogens with one attached hydrogen (secondary N) is 1. The number of alkyl halides is 1. The number of carbonyl (C=O) groups excluding carboxylic acids is 3. The van der Waals surface area contributed by atoms with Crippen LogP contribution in [-0.4, -0.2) is 39.5 Å². The Kier molecular flexibility index (Phi) is 17.0. The van der Waals surface area contributed by atoms with E-state index in [2.05, 4.69) is 29.8 Å². The van der Waals surface area contributed by atoms with Crippen molar-refractivity contribution >= 4 is 17.3 Å². The van der Waals surface area contributed by atoms with Gasteiger partial charge in [-0.25, -0.2) is 0 Å². The molecule has 41 heavy (non-hydrogen) atoms. The van der Waals surface area contributed by atoms with E-state index in [9.17, 15) is 14.4 Å². The van der Waals surface area contributed by atoms with Gasteiger partial charge in [0.2, 0.25) is 0 Å². The van der Waals surface area contributed by atoms with Crippen molar-refractivity contribution in [3.8, 4) is 0 Å². The van der Waals surface area contributed by atoms with E-state index in [1.54, 1.807) is 0 Å². The molecule has 0 heterocycles. The maximum absolute atomic E-state index is 13.9. The summed E-state index contributed by atoms with van der Waals surface area (Å²) in [5, 5.41) is 3.49. The molecular formula is C35H55INO4-. The third-order valence-corrected chi connectivity index (χ3v) is 10.3. The van der Waals surface area contributed by atoms with E-state index in [0.29, 0.717) is 31.6 Å². The van der Waals surface area contributed by atoms with Crippen LogP contribution < -0.4 is 26.5 Å². The van der Waals surface area contributed by atoms with Crippen molar-refractivity contribution < 1.29 is 40.3 Å². The van der Waals surface area contributed by atoms with Crippen molar-refractivity contribution in [2.24, 2.45) is 17.8 Å². The number of allylic oxidation sites excluding steroid dienone is 2. The van der Waals surface area contributed by atoms with Crippen molar-refractivity contribution in [3.63, 3.8) is 0 Å². The van der Waals surface area contributed by atoms with Gasteiger partial charge in [0, 0.05) is 0 Å². The normalized spacial score (nSPS) is 15.3. The predicted molar refractivity (Wildman–Crippen MR) is 166 cm³/mol. The van der Waals surface area contributed by atoms with Gasteiger partial charge in [0.05, 0.1) is 0 Å². The summed E-state index contributed by atoms with van der Waals surface area (Å²) in [6.45, 7) is 22.7. The molecule has 232 valence electrons. The summed E-state index contributed by atoms with van der Waals surface area (Å²) in [4.78, 5) is 39.2. The zero-order chi connectivity index (χ0) is 31.2. The van der Waals surface area contributed by atoms with Gasteiger partial charge in [-0.05, 0) is 0 Å². The molecule has 0 aromatic heterocycles. The van der Waals surface area contributed by atoms with Crippen molar-refractivity contribution in [2.45, 2.75) is 116 Å². The Morgan fingerprint density at radius 2 is 1.61 bits per heavy atom. The Bertz CT molecular complexity index is 1010. The molecule has 1 aromatic rings. The second-order valence-electron chi connectivity index (χ2n) is 12.4. The SMILES string of the molecule is C=C(N[C@@H](COC(C)(C)C)C(=O)C(C)C[C@@H](Cc1ccccc1)C(=O)CC)[C@H](CC(C)C)[I-]/C=C(/CC)C(=O)CC. The van der Waals surface area contributed by atoms with E-state index < -0.39 is 32.8 Å². The van der Waals surface area contributed by atoms with Crippen molar-refractivity contribution in [1.29, 1.82) is 0 Å². The Morgan fingerprint density at radius 1 is 0.976 bits per heavy atom. The summed E-state index contributed by atoms with van der Waals surface area (Å²) in [5.41, 5.74) is 2.46. The number of halogens is 1. The maximum atomic E-state index is 13.9. The summed E-state index contributed by atoms with van der Waals surface area (Å²) >= 11 is -0.498. The van der Waals surface area contributed by atoms with E-state index in [4.69, 9.17) is 4.74 Å². The molecule has 0 aliphatic rings. The second-order valence-corrected chi connectivity index (χ2v) is 15.2. The number of rotatable bonds is 20. The summed E-state index contributed by atoms with van der Waals surface area (Å²) in [6.07, 6.45) is 3.79. The summed E-state index contributed by atoms with van der Waals surface area (Å²) in [6, 6.07) is 9.47. The van der Waals surface area contributed by atoms with Crippen LogP contribution in [0.5, 0.6) is 0 Å². The van der Waals surface area contributed by atoms with Crippen LogP contribution in [0.2, 0.25) is 0 Å². The summed E-state index contributed by atoms with van der Waals surface area (Å²) in [5.74, 6) is 0.375. The zero-order valence-electron chi connectivity index (χ0n) is 27.0. The number of ketones is 3. The van der Waals surface area contributed by atoms with Crippen molar-refractivity contribution in [1.82, 2.24) is 5.32 Å². The van der Waals surface area contributed by atoms with Gasteiger partial charge in [0.1, 0.15) is 0 Å². The molecule has 6 heteroatoms. The third kappa shape index (κ3) is 14.3. The molecule has 4 atom stereocenters.